The minimum Gasteiger partial charge on any atom is -0.398 e. The lowest BCUT2D eigenvalue weighted by atomic mass is 10.1. The van der Waals surface area contributed by atoms with Crippen LogP contribution in [-0.2, 0) is 0 Å². The number of aryl methyl sites for hydroxylation is 1. The lowest BCUT2D eigenvalue weighted by Crippen LogP contribution is -2.38. The highest BCUT2D eigenvalue weighted by Crippen LogP contribution is 2.17. The fourth-order valence-electron chi connectivity index (χ4n) is 2.54. The molecule has 0 saturated carbocycles. The summed E-state index contributed by atoms with van der Waals surface area (Å²) in [5.74, 6) is -0.0640. The van der Waals surface area contributed by atoms with E-state index in [0.717, 1.165) is 18.5 Å². The third kappa shape index (κ3) is 2.64. The zero-order valence-electron chi connectivity index (χ0n) is 11.1. The van der Waals surface area contributed by atoms with Crippen molar-refractivity contribution in [2.24, 2.45) is 0 Å². The van der Waals surface area contributed by atoms with Crippen LogP contribution in [0.2, 0.25) is 0 Å². The monoisotopic (exact) mass is 247 g/mol. The Kier molecular flexibility index (Phi) is 3.87. The van der Waals surface area contributed by atoms with E-state index in [4.69, 9.17) is 5.73 Å². The van der Waals surface area contributed by atoms with Crippen molar-refractivity contribution in [1.82, 2.24) is 10.2 Å². The van der Waals surface area contributed by atoms with Gasteiger partial charge in [0.1, 0.15) is 0 Å². The first-order valence-electron chi connectivity index (χ1n) is 6.43. The molecule has 1 aromatic rings. The number of carbonyl (C=O) groups excluding carboxylic acids is 1. The van der Waals surface area contributed by atoms with Crippen molar-refractivity contribution >= 4 is 11.6 Å². The Morgan fingerprint density at radius 1 is 1.56 bits per heavy atom. The summed E-state index contributed by atoms with van der Waals surface area (Å²) in [7, 11) is 2.10. The second-order valence-corrected chi connectivity index (χ2v) is 5.03. The molecule has 1 aromatic carbocycles. The number of likely N-dealkylation sites (N-methyl/N-ethyl adjacent to an activating group) is 1. The molecule has 2 rings (SSSR count). The van der Waals surface area contributed by atoms with E-state index >= 15 is 0 Å². The lowest BCUT2D eigenvalue weighted by molar-refractivity contribution is 0.0944. The SMILES string of the molecule is Cc1cccc(N)c1C(=O)NCC1CCCN1C. The van der Waals surface area contributed by atoms with Gasteiger partial charge >= 0.3 is 0 Å². The number of nitrogen functional groups attached to an aromatic ring is 1. The maximum Gasteiger partial charge on any atom is 0.253 e. The van der Waals surface area contributed by atoms with Gasteiger partial charge in [-0.15, -0.1) is 0 Å². The molecule has 4 nitrogen and oxygen atoms in total. The van der Waals surface area contributed by atoms with Crippen LogP contribution in [0.1, 0.15) is 28.8 Å². The number of nitrogens with two attached hydrogens (primary N) is 1. The minimum absolute atomic E-state index is 0.0640. The summed E-state index contributed by atoms with van der Waals surface area (Å²) in [6, 6.07) is 6.00. The molecule has 0 spiro atoms. The number of nitrogens with zero attached hydrogens (tertiary/aromatic N) is 1. The van der Waals surface area contributed by atoms with Crippen LogP contribution in [0.3, 0.4) is 0 Å². The first kappa shape index (κ1) is 12.9. The van der Waals surface area contributed by atoms with Crippen molar-refractivity contribution < 1.29 is 4.79 Å². The topological polar surface area (TPSA) is 58.4 Å². The van der Waals surface area contributed by atoms with Gasteiger partial charge in [0.15, 0.2) is 0 Å². The van der Waals surface area contributed by atoms with Gasteiger partial charge < -0.3 is 16.0 Å². The average molecular weight is 247 g/mol. The van der Waals surface area contributed by atoms with E-state index in [0.29, 0.717) is 23.8 Å². The highest BCUT2D eigenvalue weighted by atomic mass is 16.1. The minimum atomic E-state index is -0.0640. The maximum atomic E-state index is 12.1. The number of nitrogens with one attached hydrogen (secondary N) is 1. The van der Waals surface area contributed by atoms with Crippen molar-refractivity contribution in [2.75, 3.05) is 25.9 Å². The van der Waals surface area contributed by atoms with Crippen LogP contribution in [0.4, 0.5) is 5.69 Å². The quantitative estimate of drug-likeness (QED) is 0.794. The fraction of sp³-hybridized carbons (Fsp3) is 0.500. The number of likely N-dealkylation sites (tertiary alicyclic amines) is 1. The molecule has 1 aliphatic rings. The van der Waals surface area contributed by atoms with Crippen molar-refractivity contribution in [1.29, 1.82) is 0 Å². The molecule has 1 atom stereocenters. The zero-order chi connectivity index (χ0) is 13.1. The normalized spacial score (nSPS) is 20.0. The fourth-order valence-corrected chi connectivity index (χ4v) is 2.54. The Morgan fingerprint density at radius 2 is 2.33 bits per heavy atom. The molecule has 3 N–H and O–H groups in total. The predicted octanol–water partition coefficient (Wildman–Crippen LogP) is 1.40. The largest absolute Gasteiger partial charge is 0.398 e. The van der Waals surface area contributed by atoms with Crippen LogP contribution in [-0.4, -0.2) is 37.0 Å². The summed E-state index contributed by atoms with van der Waals surface area (Å²) in [4.78, 5) is 14.4. The van der Waals surface area contributed by atoms with Crippen molar-refractivity contribution in [3.63, 3.8) is 0 Å². The Hall–Kier alpha value is -1.55. The molecule has 0 aliphatic carbocycles. The molecule has 0 aromatic heterocycles. The molecule has 1 amide bonds. The van der Waals surface area contributed by atoms with Gasteiger partial charge in [0.05, 0.1) is 5.56 Å². The van der Waals surface area contributed by atoms with Crippen LogP contribution in [0.5, 0.6) is 0 Å². The van der Waals surface area contributed by atoms with E-state index in [-0.39, 0.29) is 5.91 Å². The number of rotatable bonds is 3. The Labute approximate surface area is 108 Å². The van der Waals surface area contributed by atoms with E-state index in [1.165, 1.54) is 6.42 Å². The van der Waals surface area contributed by atoms with Crippen molar-refractivity contribution in [3.8, 4) is 0 Å². The molecule has 98 valence electrons. The first-order chi connectivity index (χ1) is 8.59. The van der Waals surface area contributed by atoms with E-state index in [2.05, 4.69) is 17.3 Å². The molecule has 18 heavy (non-hydrogen) atoms. The molecule has 1 aliphatic heterocycles. The molecule has 0 bridgehead atoms. The second-order valence-electron chi connectivity index (χ2n) is 5.03. The summed E-state index contributed by atoms with van der Waals surface area (Å²) in [6.45, 7) is 3.73. The van der Waals surface area contributed by atoms with Gasteiger partial charge in [-0.1, -0.05) is 12.1 Å². The van der Waals surface area contributed by atoms with Gasteiger partial charge in [0.25, 0.3) is 5.91 Å². The van der Waals surface area contributed by atoms with Gasteiger partial charge in [-0.3, -0.25) is 4.79 Å². The summed E-state index contributed by atoms with van der Waals surface area (Å²) >= 11 is 0. The molecule has 1 unspecified atom stereocenters. The van der Waals surface area contributed by atoms with Crippen LogP contribution >= 0.6 is 0 Å². The van der Waals surface area contributed by atoms with Gasteiger partial charge in [0, 0.05) is 18.3 Å². The maximum absolute atomic E-state index is 12.1. The smallest absolute Gasteiger partial charge is 0.253 e. The molecule has 0 radical (unpaired) electrons. The van der Waals surface area contributed by atoms with Crippen LogP contribution in [0.25, 0.3) is 0 Å². The Bertz CT molecular complexity index is 424. The Balaban J connectivity index is 1.99. The first-order valence-corrected chi connectivity index (χ1v) is 6.43. The van der Waals surface area contributed by atoms with Crippen LogP contribution in [0, 0.1) is 6.92 Å². The summed E-state index contributed by atoms with van der Waals surface area (Å²) in [5, 5.41) is 2.99. The van der Waals surface area contributed by atoms with Crippen LogP contribution < -0.4 is 11.1 Å². The van der Waals surface area contributed by atoms with E-state index < -0.39 is 0 Å². The lowest BCUT2D eigenvalue weighted by Gasteiger charge is -2.20. The number of hydrogen-bond donors (Lipinski definition) is 2. The van der Waals surface area contributed by atoms with Gasteiger partial charge in [-0.25, -0.2) is 0 Å². The second kappa shape index (κ2) is 5.40. The third-order valence-corrected chi connectivity index (χ3v) is 3.70. The van der Waals surface area contributed by atoms with Gasteiger partial charge in [0.2, 0.25) is 0 Å². The molecular weight excluding hydrogens is 226 g/mol. The Morgan fingerprint density at radius 3 is 2.94 bits per heavy atom. The number of hydrogen-bond acceptors (Lipinski definition) is 3. The molecule has 4 heteroatoms. The summed E-state index contributed by atoms with van der Waals surface area (Å²) < 4.78 is 0. The van der Waals surface area contributed by atoms with Crippen molar-refractivity contribution in [2.45, 2.75) is 25.8 Å². The molecule has 1 fully saturated rings. The predicted molar refractivity (Wildman–Crippen MR) is 73.6 cm³/mol. The molecule has 1 heterocycles. The molecule has 1 saturated heterocycles. The summed E-state index contributed by atoms with van der Waals surface area (Å²) in [5.41, 5.74) is 7.94. The average Bonchev–Trinajstić information content (AvgIpc) is 2.72. The van der Waals surface area contributed by atoms with E-state index in [1.54, 1.807) is 6.07 Å². The zero-order valence-corrected chi connectivity index (χ0v) is 11.1. The van der Waals surface area contributed by atoms with Crippen molar-refractivity contribution in [3.05, 3.63) is 29.3 Å². The summed E-state index contributed by atoms with van der Waals surface area (Å²) in [6.07, 6.45) is 2.36. The van der Waals surface area contributed by atoms with Gasteiger partial charge in [-0.05, 0) is 45.0 Å². The van der Waals surface area contributed by atoms with Crippen LogP contribution in [0.15, 0.2) is 18.2 Å². The third-order valence-electron chi connectivity index (χ3n) is 3.70. The highest BCUT2D eigenvalue weighted by molar-refractivity contribution is 6.00. The number of benzene rings is 1. The number of amides is 1. The number of anilines is 1. The van der Waals surface area contributed by atoms with E-state index in [1.807, 2.05) is 19.1 Å². The standard InChI is InChI=1S/C14H21N3O/c1-10-5-3-7-12(15)13(10)14(18)16-9-11-6-4-8-17(11)2/h3,5,7,11H,4,6,8-9,15H2,1-2H3,(H,16,18). The number of carbonyl (C=O) groups is 1. The van der Waals surface area contributed by atoms with E-state index in [9.17, 15) is 4.79 Å². The van der Waals surface area contributed by atoms with Gasteiger partial charge in [-0.2, -0.15) is 0 Å². The molecular formula is C14H21N3O. The highest BCUT2D eigenvalue weighted by Gasteiger charge is 2.22.